The molecule has 0 amide bonds. The molecule has 3 aromatic rings. The smallest absolute Gasteiger partial charge is 0.207 e. The fraction of sp³-hybridized carbons (Fsp3) is 0.200. The van der Waals surface area contributed by atoms with Crippen LogP contribution in [0.2, 0.25) is 0 Å². The van der Waals surface area contributed by atoms with E-state index in [0.29, 0.717) is 11.0 Å². The minimum Gasteiger partial charge on any atom is -0.207 e. The quantitative estimate of drug-likeness (QED) is 0.796. The molecule has 1 aromatic heterocycles. The van der Waals surface area contributed by atoms with Crippen LogP contribution in [0.1, 0.15) is 24.1 Å². The van der Waals surface area contributed by atoms with Gasteiger partial charge in [-0.3, -0.25) is 0 Å². The fourth-order valence-corrected chi connectivity index (χ4v) is 4.42. The van der Waals surface area contributed by atoms with Gasteiger partial charge >= 0.3 is 0 Å². The summed E-state index contributed by atoms with van der Waals surface area (Å²) in [5.41, 5.74) is 3.01. The van der Waals surface area contributed by atoms with Crippen LogP contribution >= 0.6 is 11.7 Å². The highest BCUT2D eigenvalue weighted by Crippen LogP contribution is 2.24. The van der Waals surface area contributed by atoms with Crippen molar-refractivity contribution in [3.05, 3.63) is 53.6 Å². The first-order valence-electron chi connectivity index (χ1n) is 6.78. The van der Waals surface area contributed by atoms with E-state index in [2.05, 4.69) is 13.5 Å². The van der Waals surface area contributed by atoms with E-state index in [0.717, 1.165) is 22.9 Å². The Morgan fingerprint density at radius 3 is 2.64 bits per heavy atom. The highest BCUT2D eigenvalue weighted by molar-refractivity contribution is 7.89. The minimum atomic E-state index is -3.67. The predicted molar refractivity (Wildman–Crippen MR) is 87.3 cm³/mol. The first kappa shape index (κ1) is 15.1. The number of hydrogen-bond acceptors (Lipinski definition) is 5. The number of hydrogen-bond donors (Lipinski definition) is 1. The number of benzene rings is 2. The third-order valence-corrected chi connectivity index (χ3v) is 5.64. The Kier molecular flexibility index (Phi) is 3.94. The van der Waals surface area contributed by atoms with Gasteiger partial charge < -0.3 is 0 Å². The Bertz CT molecular complexity index is 919. The van der Waals surface area contributed by atoms with E-state index in [9.17, 15) is 8.42 Å². The van der Waals surface area contributed by atoms with Crippen molar-refractivity contribution < 1.29 is 8.42 Å². The average molecular weight is 333 g/mol. The third-order valence-electron chi connectivity index (χ3n) is 3.53. The molecular weight excluding hydrogens is 318 g/mol. The number of sulfonamides is 1. The van der Waals surface area contributed by atoms with Gasteiger partial charge in [-0.2, -0.15) is 8.75 Å². The molecule has 1 unspecified atom stereocenters. The van der Waals surface area contributed by atoms with Gasteiger partial charge in [0.05, 0.1) is 11.7 Å². The van der Waals surface area contributed by atoms with Crippen molar-refractivity contribution in [2.24, 2.45) is 0 Å². The predicted octanol–water partition coefficient (Wildman–Crippen LogP) is 3.04. The summed E-state index contributed by atoms with van der Waals surface area (Å²) in [6.07, 6.45) is 0. The molecule has 1 heterocycles. The lowest BCUT2D eigenvalue weighted by Crippen LogP contribution is -2.27. The summed E-state index contributed by atoms with van der Waals surface area (Å²) in [5, 5.41) is 0. The van der Waals surface area contributed by atoms with Crippen LogP contribution in [0.3, 0.4) is 0 Å². The van der Waals surface area contributed by atoms with Gasteiger partial charge in [0.2, 0.25) is 10.0 Å². The monoisotopic (exact) mass is 333 g/mol. The lowest BCUT2D eigenvalue weighted by molar-refractivity contribution is 0.567. The first-order valence-corrected chi connectivity index (χ1v) is 8.99. The highest BCUT2D eigenvalue weighted by Gasteiger charge is 2.22. The molecule has 1 atom stereocenters. The number of fused-ring (bicyclic) bond motifs is 1. The van der Waals surface area contributed by atoms with Crippen LogP contribution in [0, 0.1) is 6.92 Å². The van der Waals surface area contributed by atoms with Gasteiger partial charge in [-0.05, 0) is 37.1 Å². The molecule has 0 spiro atoms. The molecule has 0 aliphatic rings. The molecule has 0 fully saturated rings. The summed E-state index contributed by atoms with van der Waals surface area (Å²) in [6.45, 7) is 3.80. The van der Waals surface area contributed by atoms with E-state index in [-0.39, 0.29) is 10.9 Å². The Balaban J connectivity index is 1.97. The number of nitrogens with one attached hydrogen (secondary N) is 1. The zero-order chi connectivity index (χ0) is 15.7. The number of aromatic nitrogens is 2. The Morgan fingerprint density at radius 2 is 1.86 bits per heavy atom. The molecule has 22 heavy (non-hydrogen) atoms. The van der Waals surface area contributed by atoms with Crippen molar-refractivity contribution in [3.63, 3.8) is 0 Å². The second kappa shape index (κ2) is 5.75. The SMILES string of the molecule is Cc1ccccc1C(C)NS(=O)(=O)c1cccc2nsnc12. The number of rotatable bonds is 4. The van der Waals surface area contributed by atoms with Crippen LogP contribution < -0.4 is 4.72 Å². The third kappa shape index (κ3) is 2.75. The van der Waals surface area contributed by atoms with Gasteiger partial charge in [0.1, 0.15) is 15.9 Å². The van der Waals surface area contributed by atoms with Crippen molar-refractivity contribution >= 4 is 32.8 Å². The maximum atomic E-state index is 12.7. The van der Waals surface area contributed by atoms with Crippen LogP contribution in [-0.4, -0.2) is 17.2 Å². The fourth-order valence-electron chi connectivity index (χ4n) is 2.43. The molecule has 0 radical (unpaired) electrons. The van der Waals surface area contributed by atoms with Gasteiger partial charge in [-0.25, -0.2) is 13.1 Å². The van der Waals surface area contributed by atoms with E-state index < -0.39 is 10.0 Å². The molecule has 0 aliphatic carbocycles. The van der Waals surface area contributed by atoms with Crippen LogP contribution in [0.4, 0.5) is 0 Å². The second-order valence-corrected chi connectivity index (χ2v) is 7.30. The van der Waals surface area contributed by atoms with Crippen molar-refractivity contribution in [1.29, 1.82) is 0 Å². The molecule has 2 aromatic carbocycles. The molecule has 0 bridgehead atoms. The summed E-state index contributed by atoms with van der Waals surface area (Å²) in [5.74, 6) is 0. The maximum absolute atomic E-state index is 12.7. The maximum Gasteiger partial charge on any atom is 0.243 e. The topological polar surface area (TPSA) is 72.0 Å². The summed E-state index contributed by atoms with van der Waals surface area (Å²) in [4.78, 5) is 0.166. The Morgan fingerprint density at radius 1 is 1.09 bits per heavy atom. The van der Waals surface area contributed by atoms with Crippen LogP contribution in [0.5, 0.6) is 0 Å². The molecular formula is C15H15N3O2S2. The Labute approximate surface area is 133 Å². The van der Waals surface area contributed by atoms with Crippen molar-refractivity contribution in [3.8, 4) is 0 Å². The first-order chi connectivity index (χ1) is 10.5. The normalized spacial score (nSPS) is 13.4. The van der Waals surface area contributed by atoms with E-state index in [1.165, 1.54) is 0 Å². The molecule has 1 N–H and O–H groups in total. The summed E-state index contributed by atoms with van der Waals surface area (Å²) < 4.78 is 36.2. The lowest BCUT2D eigenvalue weighted by atomic mass is 10.0. The van der Waals surface area contributed by atoms with E-state index in [4.69, 9.17) is 0 Å². The highest BCUT2D eigenvalue weighted by atomic mass is 32.2. The molecule has 114 valence electrons. The van der Waals surface area contributed by atoms with Crippen LogP contribution in [-0.2, 0) is 10.0 Å². The summed E-state index contributed by atoms with van der Waals surface area (Å²) in [6, 6.07) is 12.4. The minimum absolute atomic E-state index is 0.166. The molecule has 5 nitrogen and oxygen atoms in total. The molecule has 0 saturated heterocycles. The standard InChI is InChI=1S/C15H15N3O2S2/c1-10-6-3-4-7-12(10)11(2)18-22(19,20)14-9-5-8-13-15(14)17-21-16-13/h3-9,11,18H,1-2H3. The molecule has 7 heteroatoms. The van der Waals surface area contributed by atoms with Gasteiger partial charge in [0, 0.05) is 6.04 Å². The van der Waals surface area contributed by atoms with Crippen molar-refractivity contribution in [2.75, 3.05) is 0 Å². The van der Waals surface area contributed by atoms with Gasteiger partial charge in [-0.15, -0.1) is 0 Å². The summed E-state index contributed by atoms with van der Waals surface area (Å²) >= 11 is 1.01. The van der Waals surface area contributed by atoms with Crippen molar-refractivity contribution in [2.45, 2.75) is 24.8 Å². The average Bonchev–Trinajstić information content (AvgIpc) is 2.95. The van der Waals surface area contributed by atoms with E-state index in [1.54, 1.807) is 18.2 Å². The zero-order valence-electron chi connectivity index (χ0n) is 12.1. The molecule has 0 saturated carbocycles. The largest absolute Gasteiger partial charge is 0.243 e. The zero-order valence-corrected chi connectivity index (χ0v) is 13.8. The van der Waals surface area contributed by atoms with Crippen molar-refractivity contribution in [1.82, 2.24) is 13.5 Å². The van der Waals surface area contributed by atoms with Crippen LogP contribution in [0.25, 0.3) is 11.0 Å². The second-order valence-electron chi connectivity index (χ2n) is 5.09. The number of aryl methyl sites for hydroxylation is 1. The van der Waals surface area contributed by atoms with Crippen LogP contribution in [0.15, 0.2) is 47.4 Å². The number of nitrogens with zero attached hydrogens (tertiary/aromatic N) is 2. The van der Waals surface area contributed by atoms with Gasteiger partial charge in [0.25, 0.3) is 0 Å². The lowest BCUT2D eigenvalue weighted by Gasteiger charge is -2.16. The molecule has 0 aliphatic heterocycles. The van der Waals surface area contributed by atoms with Gasteiger partial charge in [0.15, 0.2) is 0 Å². The Hall–Kier alpha value is -1.83. The van der Waals surface area contributed by atoms with E-state index >= 15 is 0 Å². The van der Waals surface area contributed by atoms with E-state index in [1.807, 2.05) is 38.1 Å². The molecule has 3 rings (SSSR count). The summed E-state index contributed by atoms with van der Waals surface area (Å²) in [7, 11) is -3.67. The van der Waals surface area contributed by atoms with Gasteiger partial charge in [-0.1, -0.05) is 30.3 Å².